The van der Waals surface area contributed by atoms with Gasteiger partial charge in [-0.3, -0.25) is 4.79 Å². The molecule has 2 nitrogen and oxygen atoms in total. The van der Waals surface area contributed by atoms with Crippen LogP contribution in [0.4, 0.5) is 8.78 Å². The third-order valence-corrected chi connectivity index (χ3v) is 1.77. The molecule has 1 aromatic carbocycles. The summed E-state index contributed by atoms with van der Waals surface area (Å²) in [7, 11) is 0. The standard InChI is InChI=1S/C11H10F2O2/c1-7(6-15-8(2)14)11-9(12)4-3-5-10(11)13/h3-5H,1,6H2,2H3. The summed E-state index contributed by atoms with van der Waals surface area (Å²) in [6.45, 7) is 4.46. The molecule has 0 aliphatic heterocycles. The number of benzene rings is 1. The van der Waals surface area contributed by atoms with Crippen molar-refractivity contribution in [1.82, 2.24) is 0 Å². The lowest BCUT2D eigenvalue weighted by molar-refractivity contribution is -0.139. The van der Waals surface area contributed by atoms with Crippen LogP contribution in [0.15, 0.2) is 24.8 Å². The lowest BCUT2D eigenvalue weighted by Crippen LogP contribution is -2.04. The highest BCUT2D eigenvalue weighted by atomic mass is 19.1. The van der Waals surface area contributed by atoms with Crippen molar-refractivity contribution in [2.24, 2.45) is 0 Å². The fraction of sp³-hybridized carbons (Fsp3) is 0.182. The van der Waals surface area contributed by atoms with Gasteiger partial charge in [0.05, 0.1) is 5.56 Å². The van der Waals surface area contributed by atoms with Gasteiger partial charge in [-0.1, -0.05) is 12.6 Å². The molecule has 0 N–H and O–H groups in total. The predicted molar refractivity (Wildman–Crippen MR) is 52.0 cm³/mol. The monoisotopic (exact) mass is 212 g/mol. The van der Waals surface area contributed by atoms with Crippen LogP contribution in [0.5, 0.6) is 0 Å². The van der Waals surface area contributed by atoms with Gasteiger partial charge in [-0.15, -0.1) is 0 Å². The van der Waals surface area contributed by atoms with Gasteiger partial charge in [-0.25, -0.2) is 8.78 Å². The highest BCUT2D eigenvalue weighted by Gasteiger charge is 2.12. The molecule has 1 aromatic rings. The number of carbonyl (C=O) groups is 1. The van der Waals surface area contributed by atoms with Crippen LogP contribution >= 0.6 is 0 Å². The van der Waals surface area contributed by atoms with E-state index in [1.54, 1.807) is 0 Å². The van der Waals surface area contributed by atoms with E-state index in [9.17, 15) is 13.6 Å². The van der Waals surface area contributed by atoms with Gasteiger partial charge in [0.15, 0.2) is 0 Å². The van der Waals surface area contributed by atoms with Gasteiger partial charge >= 0.3 is 5.97 Å². The Balaban J connectivity index is 2.86. The average Bonchev–Trinajstić information content (AvgIpc) is 2.14. The zero-order valence-electron chi connectivity index (χ0n) is 8.22. The fourth-order valence-electron chi connectivity index (χ4n) is 1.10. The SMILES string of the molecule is C=C(COC(C)=O)c1c(F)cccc1F. The minimum atomic E-state index is -0.716. The van der Waals surface area contributed by atoms with Gasteiger partial charge in [0.2, 0.25) is 0 Å². The Morgan fingerprint density at radius 2 is 1.93 bits per heavy atom. The Bertz CT molecular complexity index is 379. The maximum atomic E-state index is 13.2. The topological polar surface area (TPSA) is 26.3 Å². The molecule has 1 rings (SSSR count). The van der Waals surface area contributed by atoms with Crippen LogP contribution in [0.25, 0.3) is 5.57 Å². The van der Waals surface area contributed by atoms with Gasteiger partial charge in [0, 0.05) is 6.92 Å². The Morgan fingerprint density at radius 3 is 2.40 bits per heavy atom. The fourth-order valence-corrected chi connectivity index (χ4v) is 1.10. The maximum Gasteiger partial charge on any atom is 0.302 e. The molecule has 0 radical (unpaired) electrons. The maximum absolute atomic E-state index is 13.2. The summed E-state index contributed by atoms with van der Waals surface area (Å²) in [5.74, 6) is -1.95. The zero-order chi connectivity index (χ0) is 11.4. The number of rotatable bonds is 3. The number of esters is 1. The van der Waals surface area contributed by atoms with Crippen molar-refractivity contribution in [3.05, 3.63) is 42.0 Å². The quantitative estimate of drug-likeness (QED) is 0.719. The van der Waals surface area contributed by atoms with E-state index in [1.165, 1.54) is 13.0 Å². The van der Waals surface area contributed by atoms with E-state index in [0.29, 0.717) is 0 Å². The molecule has 80 valence electrons. The molecule has 0 saturated carbocycles. The second-order valence-corrected chi connectivity index (χ2v) is 2.98. The second-order valence-electron chi connectivity index (χ2n) is 2.98. The Labute approximate surface area is 86.2 Å². The number of halogens is 2. The summed E-state index contributed by atoms with van der Waals surface area (Å²) in [4.78, 5) is 10.5. The molecule has 0 bridgehead atoms. The van der Waals surface area contributed by atoms with Crippen LogP contribution in [-0.4, -0.2) is 12.6 Å². The van der Waals surface area contributed by atoms with Gasteiger partial charge in [-0.2, -0.15) is 0 Å². The van der Waals surface area contributed by atoms with Gasteiger partial charge in [-0.05, 0) is 17.7 Å². The van der Waals surface area contributed by atoms with Crippen molar-refractivity contribution >= 4 is 11.5 Å². The molecule has 0 heterocycles. The van der Waals surface area contributed by atoms with E-state index < -0.39 is 17.6 Å². The van der Waals surface area contributed by atoms with Gasteiger partial charge in [0.25, 0.3) is 0 Å². The third kappa shape index (κ3) is 2.87. The summed E-state index contributed by atoms with van der Waals surface area (Å²) in [5.41, 5.74) is -0.139. The van der Waals surface area contributed by atoms with E-state index in [1.807, 2.05) is 0 Å². The smallest absolute Gasteiger partial charge is 0.302 e. The van der Waals surface area contributed by atoms with Crippen LogP contribution in [0.1, 0.15) is 12.5 Å². The van der Waals surface area contributed by atoms with Gasteiger partial charge < -0.3 is 4.74 Å². The molecule has 0 amide bonds. The average molecular weight is 212 g/mol. The molecule has 0 aliphatic rings. The van der Waals surface area contributed by atoms with E-state index in [-0.39, 0.29) is 17.7 Å². The molecule has 0 saturated heterocycles. The summed E-state index contributed by atoms with van der Waals surface area (Å²) in [5, 5.41) is 0. The minimum Gasteiger partial charge on any atom is -0.461 e. The molecule has 4 heteroatoms. The van der Waals surface area contributed by atoms with E-state index in [4.69, 9.17) is 0 Å². The first-order chi connectivity index (χ1) is 7.02. The number of carbonyl (C=O) groups excluding carboxylic acids is 1. The van der Waals surface area contributed by atoms with Crippen LogP contribution in [0, 0.1) is 11.6 Å². The van der Waals surface area contributed by atoms with Crippen LogP contribution in [0.2, 0.25) is 0 Å². The molecule has 0 aromatic heterocycles. The van der Waals surface area contributed by atoms with E-state index in [2.05, 4.69) is 11.3 Å². The second kappa shape index (κ2) is 4.68. The summed E-state index contributed by atoms with van der Waals surface area (Å²) < 4.78 is 31.0. The molecule has 0 atom stereocenters. The molecule has 0 unspecified atom stereocenters. The third-order valence-electron chi connectivity index (χ3n) is 1.77. The number of hydrogen-bond acceptors (Lipinski definition) is 2. The van der Waals surface area contributed by atoms with Crippen molar-refractivity contribution in [3.8, 4) is 0 Å². The highest BCUT2D eigenvalue weighted by Crippen LogP contribution is 2.20. The molecule has 0 fully saturated rings. The predicted octanol–water partition coefficient (Wildman–Crippen LogP) is 2.54. The summed E-state index contributed by atoms with van der Waals surface area (Å²) in [6.07, 6.45) is 0. The molecular weight excluding hydrogens is 202 g/mol. The Kier molecular flexibility index (Phi) is 3.55. The van der Waals surface area contributed by atoms with Crippen LogP contribution in [-0.2, 0) is 9.53 Å². The first-order valence-corrected chi connectivity index (χ1v) is 4.28. The lowest BCUT2D eigenvalue weighted by atomic mass is 10.1. The van der Waals surface area contributed by atoms with E-state index >= 15 is 0 Å². The largest absolute Gasteiger partial charge is 0.461 e. The Morgan fingerprint density at radius 1 is 1.40 bits per heavy atom. The van der Waals surface area contributed by atoms with Crippen molar-refractivity contribution in [2.45, 2.75) is 6.92 Å². The van der Waals surface area contributed by atoms with Crippen molar-refractivity contribution in [3.63, 3.8) is 0 Å². The zero-order valence-corrected chi connectivity index (χ0v) is 8.22. The Hall–Kier alpha value is -1.71. The summed E-state index contributed by atoms with van der Waals surface area (Å²) in [6, 6.07) is 3.50. The van der Waals surface area contributed by atoms with Crippen LogP contribution in [0.3, 0.4) is 0 Å². The van der Waals surface area contributed by atoms with Crippen molar-refractivity contribution in [2.75, 3.05) is 6.61 Å². The summed E-state index contributed by atoms with van der Waals surface area (Å²) >= 11 is 0. The number of ether oxygens (including phenoxy) is 1. The molecular formula is C11H10F2O2. The molecule has 0 spiro atoms. The van der Waals surface area contributed by atoms with Crippen molar-refractivity contribution in [1.29, 1.82) is 0 Å². The number of hydrogen-bond donors (Lipinski definition) is 0. The first kappa shape index (κ1) is 11.4. The minimum absolute atomic E-state index is 0.0980. The first-order valence-electron chi connectivity index (χ1n) is 4.28. The lowest BCUT2D eigenvalue weighted by Gasteiger charge is -2.08. The molecule has 15 heavy (non-hydrogen) atoms. The normalized spacial score (nSPS) is 9.80. The van der Waals surface area contributed by atoms with Crippen LogP contribution < -0.4 is 0 Å². The highest BCUT2D eigenvalue weighted by molar-refractivity contribution is 5.70. The van der Waals surface area contributed by atoms with E-state index in [0.717, 1.165) is 12.1 Å². The van der Waals surface area contributed by atoms with Crippen molar-refractivity contribution < 1.29 is 18.3 Å². The van der Waals surface area contributed by atoms with Gasteiger partial charge in [0.1, 0.15) is 18.2 Å². The molecule has 0 aliphatic carbocycles.